The molecule has 0 saturated heterocycles. The fourth-order valence-electron chi connectivity index (χ4n) is 1.06. The molecule has 0 N–H and O–H groups in total. The summed E-state index contributed by atoms with van der Waals surface area (Å²) in [6.07, 6.45) is 2.96. The van der Waals surface area contributed by atoms with Crippen LogP contribution in [0.4, 0.5) is 8.78 Å². The number of hydrogen-bond acceptors (Lipinski definition) is 1. The first-order valence-electron chi connectivity index (χ1n) is 3.59. The van der Waals surface area contributed by atoms with Crippen molar-refractivity contribution in [2.24, 2.45) is 0 Å². The molecule has 0 aromatic rings. The zero-order chi connectivity index (χ0) is 8.27. The van der Waals surface area contributed by atoms with E-state index in [9.17, 15) is 8.78 Å². The van der Waals surface area contributed by atoms with Gasteiger partial charge in [-0.1, -0.05) is 18.7 Å². The van der Waals surface area contributed by atoms with Crippen molar-refractivity contribution >= 4 is 0 Å². The summed E-state index contributed by atoms with van der Waals surface area (Å²) in [4.78, 5) is 1.41. The molecule has 0 aromatic heterocycles. The molecule has 0 amide bonds. The second-order valence-electron chi connectivity index (χ2n) is 2.54. The largest absolute Gasteiger partial charge is 0.264 e. The van der Waals surface area contributed by atoms with Crippen molar-refractivity contribution in [3.63, 3.8) is 0 Å². The molecule has 0 bridgehead atoms. The Morgan fingerprint density at radius 1 is 1.55 bits per heavy atom. The highest BCUT2D eigenvalue weighted by Crippen LogP contribution is 2.14. The SMILES string of the molecule is C=C(F)C(F)N1CC=CCC1. The van der Waals surface area contributed by atoms with Gasteiger partial charge in [-0.2, -0.15) is 0 Å². The fourth-order valence-corrected chi connectivity index (χ4v) is 1.06. The monoisotopic (exact) mass is 159 g/mol. The number of alkyl halides is 1. The van der Waals surface area contributed by atoms with Crippen molar-refractivity contribution in [2.75, 3.05) is 13.1 Å². The van der Waals surface area contributed by atoms with Crippen LogP contribution < -0.4 is 0 Å². The van der Waals surface area contributed by atoms with E-state index < -0.39 is 12.1 Å². The summed E-state index contributed by atoms with van der Waals surface area (Å²) in [7, 11) is 0. The van der Waals surface area contributed by atoms with E-state index in [-0.39, 0.29) is 0 Å². The van der Waals surface area contributed by atoms with Crippen molar-refractivity contribution < 1.29 is 8.78 Å². The molecule has 1 atom stereocenters. The molecule has 0 spiro atoms. The summed E-state index contributed by atoms with van der Waals surface area (Å²) in [6, 6.07) is 0. The average Bonchev–Trinajstić information content (AvgIpc) is 2.05. The van der Waals surface area contributed by atoms with Gasteiger partial charge in [-0.25, -0.2) is 8.78 Å². The molecule has 11 heavy (non-hydrogen) atoms. The standard InChI is InChI=1S/C8H11F2N/c1-7(9)8(10)11-5-3-2-4-6-11/h2-3,8H,1,4-6H2. The molecule has 0 aliphatic carbocycles. The molecule has 1 rings (SSSR count). The highest BCUT2D eigenvalue weighted by molar-refractivity contribution is 4.97. The lowest BCUT2D eigenvalue weighted by Crippen LogP contribution is -2.34. The Hall–Kier alpha value is -0.700. The van der Waals surface area contributed by atoms with Crippen LogP contribution in [0.25, 0.3) is 0 Å². The summed E-state index contributed by atoms with van der Waals surface area (Å²) >= 11 is 0. The van der Waals surface area contributed by atoms with E-state index in [0.29, 0.717) is 13.1 Å². The molecule has 0 saturated carbocycles. The quantitative estimate of drug-likeness (QED) is 0.440. The van der Waals surface area contributed by atoms with Gasteiger partial charge in [0.2, 0.25) is 6.30 Å². The fraction of sp³-hybridized carbons (Fsp3) is 0.500. The second-order valence-corrected chi connectivity index (χ2v) is 2.54. The molecule has 1 heterocycles. The minimum Gasteiger partial charge on any atom is -0.264 e. The van der Waals surface area contributed by atoms with E-state index in [4.69, 9.17) is 0 Å². The Morgan fingerprint density at radius 3 is 2.73 bits per heavy atom. The first-order valence-corrected chi connectivity index (χ1v) is 3.59. The van der Waals surface area contributed by atoms with Gasteiger partial charge in [0.1, 0.15) is 5.83 Å². The van der Waals surface area contributed by atoms with E-state index >= 15 is 0 Å². The maximum Gasteiger partial charge on any atom is 0.205 e. The molecule has 0 radical (unpaired) electrons. The highest BCUT2D eigenvalue weighted by Gasteiger charge is 2.20. The van der Waals surface area contributed by atoms with Gasteiger partial charge in [-0.15, -0.1) is 0 Å². The van der Waals surface area contributed by atoms with Crippen LogP contribution in [0.15, 0.2) is 24.6 Å². The topological polar surface area (TPSA) is 3.24 Å². The predicted octanol–water partition coefficient (Wildman–Crippen LogP) is 2.03. The molecule has 1 unspecified atom stereocenters. The van der Waals surface area contributed by atoms with Crippen LogP contribution in [0.2, 0.25) is 0 Å². The maximum absolute atomic E-state index is 12.8. The van der Waals surface area contributed by atoms with E-state index in [1.165, 1.54) is 4.90 Å². The van der Waals surface area contributed by atoms with Crippen molar-refractivity contribution in [3.8, 4) is 0 Å². The van der Waals surface area contributed by atoms with Crippen LogP contribution in [0.1, 0.15) is 6.42 Å². The van der Waals surface area contributed by atoms with Crippen molar-refractivity contribution in [2.45, 2.75) is 12.7 Å². The third-order valence-corrected chi connectivity index (χ3v) is 1.67. The van der Waals surface area contributed by atoms with E-state index in [1.807, 2.05) is 12.2 Å². The summed E-state index contributed by atoms with van der Waals surface area (Å²) in [5, 5.41) is 0. The van der Waals surface area contributed by atoms with Gasteiger partial charge in [0, 0.05) is 13.1 Å². The number of rotatable bonds is 2. The van der Waals surface area contributed by atoms with Crippen LogP contribution in [0, 0.1) is 0 Å². The normalized spacial score (nSPS) is 21.6. The summed E-state index contributed by atoms with van der Waals surface area (Å²) in [5.41, 5.74) is 0. The van der Waals surface area contributed by atoms with Gasteiger partial charge >= 0.3 is 0 Å². The Morgan fingerprint density at radius 2 is 2.27 bits per heavy atom. The summed E-state index contributed by atoms with van der Waals surface area (Å²) in [6.45, 7) is 3.97. The van der Waals surface area contributed by atoms with Crippen molar-refractivity contribution in [3.05, 3.63) is 24.6 Å². The Kier molecular flexibility index (Phi) is 2.76. The van der Waals surface area contributed by atoms with E-state index in [1.54, 1.807) is 0 Å². The molecule has 1 aliphatic heterocycles. The van der Waals surface area contributed by atoms with E-state index in [0.717, 1.165) is 6.42 Å². The predicted molar refractivity (Wildman–Crippen MR) is 40.5 cm³/mol. The molecule has 1 aliphatic rings. The van der Waals surface area contributed by atoms with Crippen LogP contribution in [-0.2, 0) is 0 Å². The Labute approximate surface area is 65.0 Å². The number of halogens is 2. The molecule has 3 heteroatoms. The van der Waals surface area contributed by atoms with Gasteiger partial charge in [0.15, 0.2) is 0 Å². The lowest BCUT2D eigenvalue weighted by atomic mass is 10.2. The lowest BCUT2D eigenvalue weighted by Gasteiger charge is -2.25. The lowest BCUT2D eigenvalue weighted by molar-refractivity contribution is 0.103. The van der Waals surface area contributed by atoms with Crippen molar-refractivity contribution in [1.29, 1.82) is 0 Å². The Bertz CT molecular complexity index is 177. The van der Waals surface area contributed by atoms with E-state index in [2.05, 4.69) is 6.58 Å². The maximum atomic E-state index is 12.8. The molecular weight excluding hydrogens is 148 g/mol. The zero-order valence-corrected chi connectivity index (χ0v) is 6.26. The number of nitrogens with zero attached hydrogens (tertiary/aromatic N) is 1. The first kappa shape index (κ1) is 8.40. The zero-order valence-electron chi connectivity index (χ0n) is 6.26. The van der Waals surface area contributed by atoms with Gasteiger partial charge in [0.05, 0.1) is 0 Å². The molecule has 0 aromatic carbocycles. The summed E-state index contributed by atoms with van der Waals surface area (Å²) < 4.78 is 25.1. The number of hydrogen-bond donors (Lipinski definition) is 0. The second kappa shape index (κ2) is 3.62. The third kappa shape index (κ3) is 2.12. The minimum absolute atomic E-state index is 0.476. The van der Waals surface area contributed by atoms with Crippen LogP contribution >= 0.6 is 0 Å². The highest BCUT2D eigenvalue weighted by atomic mass is 19.2. The molecule has 1 nitrogen and oxygen atoms in total. The minimum atomic E-state index is -1.63. The van der Waals surface area contributed by atoms with Crippen molar-refractivity contribution in [1.82, 2.24) is 4.90 Å². The van der Waals surface area contributed by atoms with Gasteiger partial charge in [-0.3, -0.25) is 4.90 Å². The molecule has 62 valence electrons. The molecular formula is C8H11F2N. The Balaban J connectivity index is 2.46. The smallest absolute Gasteiger partial charge is 0.205 e. The summed E-state index contributed by atoms with van der Waals surface area (Å²) in [5.74, 6) is -0.902. The first-order chi connectivity index (χ1) is 5.22. The average molecular weight is 159 g/mol. The van der Waals surface area contributed by atoms with Crippen LogP contribution in [0.5, 0.6) is 0 Å². The van der Waals surface area contributed by atoms with Crippen LogP contribution in [0.3, 0.4) is 0 Å². The third-order valence-electron chi connectivity index (χ3n) is 1.67. The van der Waals surface area contributed by atoms with Crippen LogP contribution in [-0.4, -0.2) is 24.3 Å². The molecule has 0 fully saturated rings. The van der Waals surface area contributed by atoms with Gasteiger partial charge < -0.3 is 0 Å². The van der Waals surface area contributed by atoms with Gasteiger partial charge in [-0.05, 0) is 6.42 Å². The van der Waals surface area contributed by atoms with Gasteiger partial charge in [0.25, 0.3) is 0 Å².